The Bertz CT molecular complexity index is 757. The quantitative estimate of drug-likeness (QED) is 0.605. The Morgan fingerprint density at radius 3 is 2.71 bits per heavy atom. The van der Waals surface area contributed by atoms with Crippen LogP contribution in [-0.2, 0) is 16.0 Å². The van der Waals surface area contributed by atoms with Gasteiger partial charge in [-0.2, -0.15) is 5.10 Å². The van der Waals surface area contributed by atoms with Crippen molar-refractivity contribution in [2.24, 2.45) is 5.10 Å². The van der Waals surface area contributed by atoms with Crippen LogP contribution in [0.2, 0.25) is 5.02 Å². The predicted molar refractivity (Wildman–Crippen MR) is 98.7 cm³/mol. The van der Waals surface area contributed by atoms with Crippen LogP contribution in [0.1, 0.15) is 23.8 Å². The van der Waals surface area contributed by atoms with Gasteiger partial charge >= 0.3 is 0 Å². The molecule has 7 heteroatoms. The topological polar surface area (TPSA) is 70.6 Å². The third kappa shape index (κ3) is 5.79. The van der Waals surface area contributed by atoms with E-state index in [0.717, 1.165) is 10.4 Å². The van der Waals surface area contributed by atoms with Crippen molar-refractivity contribution in [1.29, 1.82) is 0 Å². The lowest BCUT2D eigenvalue weighted by atomic mass is 10.2. The van der Waals surface area contributed by atoms with Gasteiger partial charge in [-0.3, -0.25) is 9.59 Å². The first-order valence-electron chi connectivity index (χ1n) is 7.34. The first-order chi connectivity index (χ1) is 11.4. The minimum Gasteiger partial charge on any atom is -0.326 e. The molecule has 126 valence electrons. The maximum atomic E-state index is 12.0. The molecule has 1 aromatic carbocycles. The third-order valence-electron chi connectivity index (χ3n) is 3.16. The Morgan fingerprint density at radius 1 is 1.25 bits per heavy atom. The molecule has 1 aromatic heterocycles. The molecular weight excluding hydrogens is 346 g/mol. The van der Waals surface area contributed by atoms with Crippen molar-refractivity contribution in [3.63, 3.8) is 0 Å². The highest BCUT2D eigenvalue weighted by atomic mass is 35.5. The van der Waals surface area contributed by atoms with Crippen LogP contribution in [0.4, 0.5) is 5.69 Å². The molecule has 2 amide bonds. The molecule has 0 aliphatic carbocycles. The van der Waals surface area contributed by atoms with Crippen LogP contribution in [0.3, 0.4) is 0 Å². The Hall–Kier alpha value is -2.18. The fourth-order valence-corrected chi connectivity index (χ4v) is 2.80. The first-order valence-corrected chi connectivity index (χ1v) is 8.60. The van der Waals surface area contributed by atoms with E-state index in [0.29, 0.717) is 16.4 Å². The van der Waals surface area contributed by atoms with Crippen LogP contribution < -0.4 is 10.7 Å². The van der Waals surface area contributed by atoms with Gasteiger partial charge in [0.15, 0.2) is 0 Å². The fourth-order valence-electron chi connectivity index (χ4n) is 1.92. The number of anilines is 1. The van der Waals surface area contributed by atoms with Gasteiger partial charge in [-0.05, 0) is 43.0 Å². The lowest BCUT2D eigenvalue weighted by Crippen LogP contribution is -2.22. The Kier molecular flexibility index (Phi) is 6.52. The molecule has 24 heavy (non-hydrogen) atoms. The average Bonchev–Trinajstić information content (AvgIpc) is 3.02. The van der Waals surface area contributed by atoms with Crippen molar-refractivity contribution in [3.05, 3.63) is 51.2 Å². The van der Waals surface area contributed by atoms with Crippen molar-refractivity contribution in [2.45, 2.75) is 26.7 Å². The van der Waals surface area contributed by atoms with E-state index in [1.807, 2.05) is 30.5 Å². The summed E-state index contributed by atoms with van der Waals surface area (Å²) < 4.78 is 0. The van der Waals surface area contributed by atoms with Crippen LogP contribution in [0, 0.1) is 6.92 Å². The van der Waals surface area contributed by atoms with E-state index in [1.165, 1.54) is 11.3 Å². The Labute approximate surface area is 149 Å². The number of carbonyl (C=O) groups is 2. The highest BCUT2D eigenvalue weighted by Gasteiger charge is 2.07. The smallest absolute Gasteiger partial charge is 0.245 e. The molecule has 2 rings (SSSR count). The van der Waals surface area contributed by atoms with Gasteiger partial charge in [-0.1, -0.05) is 23.7 Å². The minimum atomic E-state index is -0.219. The van der Waals surface area contributed by atoms with Crippen molar-refractivity contribution in [2.75, 3.05) is 5.32 Å². The van der Waals surface area contributed by atoms with Gasteiger partial charge in [0.25, 0.3) is 0 Å². The van der Waals surface area contributed by atoms with Crippen LogP contribution in [-0.4, -0.2) is 17.5 Å². The Balaban J connectivity index is 1.81. The molecule has 0 fully saturated rings. The van der Waals surface area contributed by atoms with Gasteiger partial charge in [0.1, 0.15) is 0 Å². The number of nitrogens with zero attached hydrogens (tertiary/aromatic N) is 1. The summed E-state index contributed by atoms with van der Waals surface area (Å²) >= 11 is 7.54. The number of amides is 2. The summed E-state index contributed by atoms with van der Waals surface area (Å²) in [6, 6.07) is 9.10. The zero-order valence-electron chi connectivity index (χ0n) is 13.4. The van der Waals surface area contributed by atoms with Gasteiger partial charge in [0.2, 0.25) is 11.8 Å². The number of aryl methyl sites for hydroxylation is 1. The molecule has 0 unspecified atom stereocenters. The van der Waals surface area contributed by atoms with E-state index in [4.69, 9.17) is 11.6 Å². The molecule has 1 heterocycles. The lowest BCUT2D eigenvalue weighted by molar-refractivity contribution is -0.120. The zero-order chi connectivity index (χ0) is 17.5. The van der Waals surface area contributed by atoms with Crippen LogP contribution in [0.5, 0.6) is 0 Å². The molecule has 0 spiro atoms. The first kappa shape index (κ1) is 18.2. The molecule has 0 saturated carbocycles. The summed E-state index contributed by atoms with van der Waals surface area (Å²) in [4.78, 5) is 24.7. The summed E-state index contributed by atoms with van der Waals surface area (Å²) in [5.41, 5.74) is 4.55. The van der Waals surface area contributed by atoms with Crippen molar-refractivity contribution >= 4 is 46.2 Å². The predicted octanol–water partition coefficient (Wildman–Crippen LogP) is 3.77. The second kappa shape index (κ2) is 8.61. The number of nitrogens with one attached hydrogen (secondary N) is 2. The van der Waals surface area contributed by atoms with Crippen molar-refractivity contribution in [3.8, 4) is 0 Å². The second-order valence-electron chi connectivity index (χ2n) is 5.33. The molecule has 0 saturated heterocycles. The second-order valence-corrected chi connectivity index (χ2v) is 6.77. The van der Waals surface area contributed by atoms with Crippen LogP contribution in [0.25, 0.3) is 0 Å². The van der Waals surface area contributed by atoms with E-state index < -0.39 is 0 Å². The van der Waals surface area contributed by atoms with E-state index >= 15 is 0 Å². The molecular formula is C17H18ClN3O2S. The zero-order valence-corrected chi connectivity index (χ0v) is 15.0. The van der Waals surface area contributed by atoms with Crippen molar-refractivity contribution < 1.29 is 9.59 Å². The molecule has 0 bridgehead atoms. The van der Waals surface area contributed by atoms with Crippen molar-refractivity contribution in [1.82, 2.24) is 5.43 Å². The number of rotatable bonds is 6. The van der Waals surface area contributed by atoms with Gasteiger partial charge in [-0.15, -0.1) is 11.3 Å². The summed E-state index contributed by atoms with van der Waals surface area (Å²) in [7, 11) is 0. The van der Waals surface area contributed by atoms with Gasteiger partial charge in [0, 0.05) is 21.3 Å². The molecule has 5 nitrogen and oxygen atoms in total. The normalized spacial score (nSPS) is 11.2. The molecule has 0 aliphatic heterocycles. The highest BCUT2D eigenvalue weighted by Crippen LogP contribution is 2.20. The van der Waals surface area contributed by atoms with E-state index in [1.54, 1.807) is 19.1 Å². The maximum Gasteiger partial charge on any atom is 0.245 e. The molecule has 2 N–H and O–H groups in total. The molecule has 0 atom stereocenters. The van der Waals surface area contributed by atoms with Gasteiger partial charge < -0.3 is 5.32 Å². The summed E-state index contributed by atoms with van der Waals surface area (Å²) in [6.07, 6.45) is 0.368. The summed E-state index contributed by atoms with van der Waals surface area (Å²) in [5.74, 6) is -0.425. The standard InChI is InChI=1S/C17H18ClN3O2S/c1-11-5-6-13(9-15(11)18)19-16(22)8-12(2)20-21-17(23)10-14-4-3-7-24-14/h3-7,9H,8,10H2,1-2H3,(H,19,22)(H,21,23). The van der Waals surface area contributed by atoms with E-state index in [2.05, 4.69) is 15.8 Å². The number of thiophene rings is 1. The summed E-state index contributed by atoms with van der Waals surface area (Å²) in [5, 5.41) is 9.21. The number of halogens is 1. The average molecular weight is 364 g/mol. The monoisotopic (exact) mass is 363 g/mol. The van der Waals surface area contributed by atoms with E-state index in [-0.39, 0.29) is 24.7 Å². The number of benzene rings is 1. The van der Waals surface area contributed by atoms with Gasteiger partial charge in [0.05, 0.1) is 12.8 Å². The molecule has 0 aliphatic rings. The lowest BCUT2D eigenvalue weighted by Gasteiger charge is -2.07. The highest BCUT2D eigenvalue weighted by molar-refractivity contribution is 7.10. The molecule has 2 aromatic rings. The SMILES string of the molecule is CC(CC(=O)Nc1ccc(C)c(Cl)c1)=NNC(=O)Cc1cccs1. The maximum absolute atomic E-state index is 12.0. The number of hydrazone groups is 1. The number of hydrogen-bond donors (Lipinski definition) is 2. The Morgan fingerprint density at radius 2 is 2.04 bits per heavy atom. The fraction of sp³-hybridized carbons (Fsp3) is 0.235. The third-order valence-corrected chi connectivity index (χ3v) is 4.44. The largest absolute Gasteiger partial charge is 0.326 e. The molecule has 0 radical (unpaired) electrons. The minimum absolute atomic E-state index is 0.0881. The number of hydrogen-bond acceptors (Lipinski definition) is 4. The van der Waals surface area contributed by atoms with E-state index in [9.17, 15) is 9.59 Å². The number of carbonyl (C=O) groups excluding carboxylic acids is 2. The summed E-state index contributed by atoms with van der Waals surface area (Å²) in [6.45, 7) is 3.58. The van der Waals surface area contributed by atoms with Gasteiger partial charge in [-0.25, -0.2) is 5.43 Å². The van der Waals surface area contributed by atoms with Crippen LogP contribution >= 0.6 is 22.9 Å². The van der Waals surface area contributed by atoms with Crippen LogP contribution in [0.15, 0.2) is 40.8 Å².